The summed E-state index contributed by atoms with van der Waals surface area (Å²) in [4.78, 5) is 26.0. The molecule has 0 spiro atoms. The van der Waals surface area contributed by atoms with E-state index in [0.29, 0.717) is 15.9 Å². The number of hydrogen-bond donors (Lipinski definition) is 1. The van der Waals surface area contributed by atoms with Crippen LogP contribution in [0.5, 0.6) is 0 Å². The van der Waals surface area contributed by atoms with Crippen molar-refractivity contribution in [3.8, 4) is 5.69 Å². The van der Waals surface area contributed by atoms with Crippen LogP contribution >= 0.6 is 39.3 Å². The van der Waals surface area contributed by atoms with Crippen molar-refractivity contribution in [1.29, 1.82) is 0 Å². The minimum atomic E-state index is -0.278. The Bertz CT molecular complexity index is 1030. The maximum absolute atomic E-state index is 12.4. The fraction of sp³-hybridized carbons (Fsp3) is 0.158. The van der Waals surface area contributed by atoms with E-state index in [4.69, 9.17) is 11.6 Å². The van der Waals surface area contributed by atoms with E-state index in [1.54, 1.807) is 36.1 Å². The van der Waals surface area contributed by atoms with E-state index in [0.717, 1.165) is 10.2 Å². The predicted molar refractivity (Wildman–Crippen MR) is 118 cm³/mol. The number of thioether (sulfide) groups is 1. The summed E-state index contributed by atoms with van der Waals surface area (Å²) in [5.41, 5.74) is 1.46. The molecule has 1 N–H and O–H groups in total. The van der Waals surface area contributed by atoms with E-state index in [-0.39, 0.29) is 24.1 Å². The summed E-state index contributed by atoms with van der Waals surface area (Å²) >= 11 is 10.7. The summed E-state index contributed by atoms with van der Waals surface area (Å²) in [6.45, 7) is -0.0539. The zero-order valence-electron chi connectivity index (χ0n) is 15.4. The van der Waals surface area contributed by atoms with Crippen LogP contribution in [-0.2, 0) is 9.59 Å². The lowest BCUT2D eigenvalue weighted by Crippen LogP contribution is -2.36. The summed E-state index contributed by atoms with van der Waals surface area (Å²) in [7, 11) is 1.59. The number of rotatable bonds is 7. The molecule has 0 bridgehead atoms. The average Bonchev–Trinajstić information content (AvgIpc) is 3.16. The third-order valence-electron chi connectivity index (χ3n) is 3.88. The molecule has 2 amide bonds. The molecule has 0 saturated heterocycles. The summed E-state index contributed by atoms with van der Waals surface area (Å²) in [6, 6.07) is 14.6. The lowest BCUT2D eigenvalue weighted by Gasteiger charge is -2.17. The number of likely N-dealkylation sites (N-methyl/N-ethyl adjacent to an activating group) is 1. The van der Waals surface area contributed by atoms with Crippen LogP contribution in [0.2, 0.25) is 5.02 Å². The van der Waals surface area contributed by atoms with Gasteiger partial charge in [-0.1, -0.05) is 41.6 Å². The normalized spacial score (nSPS) is 10.6. The third kappa shape index (κ3) is 5.81. The van der Waals surface area contributed by atoms with Gasteiger partial charge in [0.15, 0.2) is 5.16 Å². The zero-order valence-corrected chi connectivity index (χ0v) is 18.5. The summed E-state index contributed by atoms with van der Waals surface area (Å²) in [5, 5.41) is 11.9. The van der Waals surface area contributed by atoms with Crippen LogP contribution in [0.15, 0.2) is 64.5 Å². The van der Waals surface area contributed by atoms with Gasteiger partial charge in [-0.15, -0.1) is 10.2 Å². The number of halogens is 2. The average molecular weight is 495 g/mol. The van der Waals surface area contributed by atoms with Gasteiger partial charge in [-0.3, -0.25) is 14.2 Å². The minimum absolute atomic E-state index is 0.0539. The van der Waals surface area contributed by atoms with Crippen molar-refractivity contribution >= 4 is 56.8 Å². The van der Waals surface area contributed by atoms with Gasteiger partial charge in [-0.25, -0.2) is 0 Å². The van der Waals surface area contributed by atoms with Gasteiger partial charge in [0.2, 0.25) is 11.8 Å². The second kappa shape index (κ2) is 9.91. The fourth-order valence-corrected chi connectivity index (χ4v) is 3.86. The molecule has 150 valence electrons. The van der Waals surface area contributed by atoms with Gasteiger partial charge in [0.25, 0.3) is 0 Å². The molecule has 0 atom stereocenters. The maximum atomic E-state index is 12.4. The highest BCUT2D eigenvalue weighted by molar-refractivity contribution is 9.10. The number of amides is 2. The molecule has 0 aliphatic heterocycles. The first kappa shape index (κ1) is 21.4. The van der Waals surface area contributed by atoms with Crippen LogP contribution in [0.3, 0.4) is 0 Å². The van der Waals surface area contributed by atoms with Gasteiger partial charge >= 0.3 is 0 Å². The molecule has 0 aliphatic rings. The van der Waals surface area contributed by atoms with Crippen molar-refractivity contribution in [2.75, 3.05) is 24.7 Å². The quantitative estimate of drug-likeness (QED) is 0.504. The Morgan fingerprint density at radius 1 is 1.24 bits per heavy atom. The van der Waals surface area contributed by atoms with Crippen molar-refractivity contribution in [3.05, 3.63) is 64.4 Å². The highest BCUT2D eigenvalue weighted by atomic mass is 79.9. The van der Waals surface area contributed by atoms with E-state index in [1.165, 1.54) is 16.7 Å². The third-order valence-corrected chi connectivity index (χ3v) is 5.74. The monoisotopic (exact) mass is 493 g/mol. The second-order valence-corrected chi connectivity index (χ2v) is 8.26. The van der Waals surface area contributed by atoms with E-state index in [1.807, 2.05) is 30.3 Å². The van der Waals surface area contributed by atoms with Crippen molar-refractivity contribution in [3.63, 3.8) is 0 Å². The molecule has 1 aromatic heterocycles. The van der Waals surface area contributed by atoms with Crippen LogP contribution in [-0.4, -0.2) is 50.8 Å². The number of nitrogens with zero attached hydrogens (tertiary/aromatic N) is 4. The molecule has 3 rings (SSSR count). The summed E-state index contributed by atoms with van der Waals surface area (Å²) in [5.74, 6) is -0.351. The van der Waals surface area contributed by atoms with Gasteiger partial charge < -0.3 is 10.2 Å². The van der Waals surface area contributed by atoms with Gasteiger partial charge in [0.1, 0.15) is 6.33 Å². The van der Waals surface area contributed by atoms with Gasteiger partial charge in [0, 0.05) is 16.5 Å². The van der Waals surface area contributed by atoms with E-state index >= 15 is 0 Å². The minimum Gasteiger partial charge on any atom is -0.336 e. The molecule has 0 unspecified atom stereocenters. The van der Waals surface area contributed by atoms with Crippen molar-refractivity contribution in [1.82, 2.24) is 19.7 Å². The topological polar surface area (TPSA) is 80.1 Å². The van der Waals surface area contributed by atoms with Crippen LogP contribution in [0.4, 0.5) is 5.69 Å². The zero-order chi connectivity index (χ0) is 20.8. The SMILES string of the molecule is CN(CC(=O)Nc1ccccc1Br)C(=O)CSc1nncn1-c1cccc(Cl)c1. The molecular weight excluding hydrogens is 478 g/mol. The molecule has 3 aromatic rings. The Balaban J connectivity index is 1.55. The number of carbonyl (C=O) groups is 2. The molecule has 2 aromatic carbocycles. The molecule has 1 heterocycles. The van der Waals surface area contributed by atoms with Crippen molar-refractivity contribution in [2.45, 2.75) is 5.16 Å². The number of anilines is 1. The standard InChI is InChI=1S/C19H17BrClN5O2S/c1-25(10-17(27)23-16-8-3-2-7-15(16)20)18(28)11-29-19-24-22-12-26(19)14-6-4-5-13(21)9-14/h2-9,12H,10-11H2,1H3,(H,23,27). The molecule has 0 aliphatic carbocycles. The molecule has 10 heteroatoms. The van der Waals surface area contributed by atoms with Gasteiger partial charge in [0.05, 0.1) is 23.7 Å². The van der Waals surface area contributed by atoms with Crippen molar-refractivity contribution in [2.24, 2.45) is 0 Å². The number of hydrogen-bond acceptors (Lipinski definition) is 5. The van der Waals surface area contributed by atoms with E-state index < -0.39 is 0 Å². The van der Waals surface area contributed by atoms with Crippen LogP contribution in [0, 0.1) is 0 Å². The number of aromatic nitrogens is 3. The Hall–Kier alpha value is -2.36. The number of para-hydroxylation sites is 1. The summed E-state index contributed by atoms with van der Waals surface area (Å²) in [6.07, 6.45) is 1.56. The Morgan fingerprint density at radius 2 is 2.03 bits per heavy atom. The smallest absolute Gasteiger partial charge is 0.244 e. The molecular formula is C19H17BrClN5O2S. The number of nitrogens with one attached hydrogen (secondary N) is 1. The van der Waals surface area contributed by atoms with Crippen LogP contribution in [0.25, 0.3) is 5.69 Å². The maximum Gasteiger partial charge on any atom is 0.244 e. The first-order valence-corrected chi connectivity index (χ1v) is 10.7. The Kier molecular flexibility index (Phi) is 7.29. The summed E-state index contributed by atoms with van der Waals surface area (Å²) < 4.78 is 2.53. The Morgan fingerprint density at radius 3 is 2.79 bits per heavy atom. The highest BCUT2D eigenvalue weighted by Crippen LogP contribution is 2.22. The van der Waals surface area contributed by atoms with Gasteiger partial charge in [-0.2, -0.15) is 0 Å². The van der Waals surface area contributed by atoms with Crippen LogP contribution in [0.1, 0.15) is 0 Å². The first-order valence-electron chi connectivity index (χ1n) is 8.51. The molecule has 7 nitrogen and oxygen atoms in total. The van der Waals surface area contributed by atoms with Gasteiger partial charge in [-0.05, 0) is 46.3 Å². The number of carbonyl (C=O) groups excluding carboxylic acids is 2. The second-order valence-electron chi connectivity index (χ2n) is 6.03. The molecule has 0 saturated carbocycles. The molecule has 29 heavy (non-hydrogen) atoms. The first-order chi connectivity index (χ1) is 13.9. The van der Waals surface area contributed by atoms with Crippen molar-refractivity contribution < 1.29 is 9.59 Å². The fourth-order valence-electron chi connectivity index (χ4n) is 2.42. The Labute approximate surface area is 185 Å². The van der Waals surface area contributed by atoms with E-state index in [9.17, 15) is 9.59 Å². The van der Waals surface area contributed by atoms with E-state index in [2.05, 4.69) is 31.4 Å². The number of benzene rings is 2. The molecule has 0 fully saturated rings. The lowest BCUT2D eigenvalue weighted by atomic mass is 10.3. The predicted octanol–water partition coefficient (Wildman–Crippen LogP) is 3.87. The largest absolute Gasteiger partial charge is 0.336 e. The lowest BCUT2D eigenvalue weighted by molar-refractivity contribution is -0.131. The highest BCUT2D eigenvalue weighted by Gasteiger charge is 2.16. The molecule has 0 radical (unpaired) electrons. The van der Waals surface area contributed by atoms with Crippen LogP contribution < -0.4 is 5.32 Å².